The van der Waals surface area contributed by atoms with E-state index in [9.17, 15) is 4.79 Å². The minimum Gasteiger partial charge on any atom is -0.368 e. The number of benzene rings is 2. The molecule has 4 rings (SSSR count). The van der Waals surface area contributed by atoms with E-state index in [0.717, 1.165) is 51.6 Å². The Hall–Kier alpha value is -3.02. The second kappa shape index (κ2) is 10.3. The van der Waals surface area contributed by atoms with E-state index in [4.69, 9.17) is 0 Å². The van der Waals surface area contributed by atoms with Crippen molar-refractivity contribution >= 4 is 17.6 Å². The van der Waals surface area contributed by atoms with Crippen LogP contribution in [-0.4, -0.2) is 74.5 Å². The van der Waals surface area contributed by atoms with E-state index >= 15 is 0 Å². The van der Waals surface area contributed by atoms with Crippen LogP contribution in [0.4, 0.5) is 5.69 Å². The molecule has 0 aliphatic carbocycles. The van der Waals surface area contributed by atoms with Crippen molar-refractivity contribution in [1.29, 1.82) is 0 Å². The molecule has 0 spiro atoms. The number of hydrogen-bond acceptors (Lipinski definition) is 3. The third kappa shape index (κ3) is 5.37. The number of anilines is 1. The number of nitrogens with zero attached hydrogens (tertiary/aromatic N) is 4. The first-order chi connectivity index (χ1) is 15.2. The number of aliphatic imine (C=N–C) groups is 1. The van der Waals surface area contributed by atoms with Gasteiger partial charge < -0.3 is 20.0 Å². The van der Waals surface area contributed by atoms with Crippen LogP contribution in [0.1, 0.15) is 24.3 Å². The number of hydrogen-bond donors (Lipinski definition) is 1. The monoisotopic (exact) mass is 419 g/mol. The summed E-state index contributed by atoms with van der Waals surface area (Å²) in [5.74, 6) is 1.67. The van der Waals surface area contributed by atoms with Gasteiger partial charge in [0.25, 0.3) is 0 Å². The molecule has 2 aromatic rings. The standard InChI is InChI=1S/C25H33N5O/c1-26-25(30-15-13-22(20-30)21-8-4-2-5-9-21)27-14-12-24(31)29-18-16-28(17-19-29)23-10-6-3-7-11-23/h2-11,22H,12-20H2,1H3,(H,26,27). The lowest BCUT2D eigenvalue weighted by Crippen LogP contribution is -2.49. The van der Waals surface area contributed by atoms with E-state index < -0.39 is 0 Å². The van der Waals surface area contributed by atoms with Crippen molar-refractivity contribution in [2.75, 3.05) is 57.8 Å². The lowest BCUT2D eigenvalue weighted by molar-refractivity contribution is -0.131. The fourth-order valence-electron chi connectivity index (χ4n) is 4.57. The second-order valence-corrected chi connectivity index (χ2v) is 8.27. The average Bonchev–Trinajstić information content (AvgIpc) is 3.33. The largest absolute Gasteiger partial charge is 0.368 e. The zero-order valence-electron chi connectivity index (χ0n) is 18.4. The molecule has 2 aromatic carbocycles. The maximum absolute atomic E-state index is 12.7. The van der Waals surface area contributed by atoms with Crippen molar-refractivity contribution in [2.24, 2.45) is 4.99 Å². The highest BCUT2D eigenvalue weighted by atomic mass is 16.2. The number of likely N-dealkylation sites (tertiary alicyclic amines) is 1. The Morgan fingerprint density at radius 2 is 1.61 bits per heavy atom. The molecule has 2 saturated heterocycles. The molecule has 2 aliphatic heterocycles. The van der Waals surface area contributed by atoms with Gasteiger partial charge in [0.05, 0.1) is 0 Å². The van der Waals surface area contributed by atoms with Gasteiger partial charge >= 0.3 is 0 Å². The first kappa shape index (κ1) is 21.2. The van der Waals surface area contributed by atoms with Crippen LogP contribution in [0.3, 0.4) is 0 Å². The summed E-state index contributed by atoms with van der Waals surface area (Å²) in [6.07, 6.45) is 1.63. The topological polar surface area (TPSA) is 51.2 Å². The van der Waals surface area contributed by atoms with Gasteiger partial charge in [-0.3, -0.25) is 9.79 Å². The normalized spacial score (nSPS) is 19.6. The fraction of sp³-hybridized carbons (Fsp3) is 0.440. The summed E-state index contributed by atoms with van der Waals surface area (Å²) < 4.78 is 0. The van der Waals surface area contributed by atoms with Gasteiger partial charge in [-0.2, -0.15) is 0 Å². The Balaban J connectivity index is 1.19. The predicted molar refractivity (Wildman–Crippen MR) is 127 cm³/mol. The smallest absolute Gasteiger partial charge is 0.224 e. The van der Waals surface area contributed by atoms with Crippen molar-refractivity contribution in [3.05, 3.63) is 66.2 Å². The van der Waals surface area contributed by atoms with Crippen LogP contribution in [0, 0.1) is 0 Å². The second-order valence-electron chi connectivity index (χ2n) is 8.27. The first-order valence-electron chi connectivity index (χ1n) is 11.3. The first-order valence-corrected chi connectivity index (χ1v) is 11.3. The number of carbonyl (C=O) groups excluding carboxylic acids is 1. The number of amides is 1. The Bertz CT molecular complexity index is 862. The molecule has 31 heavy (non-hydrogen) atoms. The average molecular weight is 420 g/mol. The molecular formula is C25H33N5O. The molecule has 6 heteroatoms. The molecule has 0 bridgehead atoms. The highest BCUT2D eigenvalue weighted by molar-refractivity contribution is 5.82. The summed E-state index contributed by atoms with van der Waals surface area (Å²) >= 11 is 0. The zero-order chi connectivity index (χ0) is 21.5. The number of rotatable bonds is 5. The summed E-state index contributed by atoms with van der Waals surface area (Å²) in [5.41, 5.74) is 2.63. The van der Waals surface area contributed by atoms with Crippen molar-refractivity contribution < 1.29 is 4.79 Å². The Morgan fingerprint density at radius 1 is 0.935 bits per heavy atom. The molecule has 1 amide bonds. The molecule has 0 aromatic heterocycles. The van der Waals surface area contributed by atoms with E-state index in [0.29, 0.717) is 18.9 Å². The van der Waals surface area contributed by atoms with Gasteiger partial charge in [-0.05, 0) is 24.1 Å². The van der Waals surface area contributed by atoms with Gasteiger partial charge in [0, 0.05) is 70.9 Å². The van der Waals surface area contributed by atoms with Crippen LogP contribution in [0.25, 0.3) is 0 Å². The summed E-state index contributed by atoms with van der Waals surface area (Å²) in [4.78, 5) is 23.8. The Labute approximate surface area is 185 Å². The summed E-state index contributed by atoms with van der Waals surface area (Å²) in [7, 11) is 1.82. The Morgan fingerprint density at radius 3 is 2.29 bits per heavy atom. The number of nitrogens with one attached hydrogen (secondary N) is 1. The highest BCUT2D eigenvalue weighted by Gasteiger charge is 2.26. The number of piperazine rings is 1. The molecular weight excluding hydrogens is 386 g/mol. The van der Waals surface area contributed by atoms with Crippen LogP contribution in [0.15, 0.2) is 65.7 Å². The molecule has 0 saturated carbocycles. The minimum absolute atomic E-state index is 0.222. The summed E-state index contributed by atoms with van der Waals surface area (Å²) in [6, 6.07) is 21.1. The van der Waals surface area contributed by atoms with Crippen LogP contribution < -0.4 is 10.2 Å². The maximum atomic E-state index is 12.7. The third-order valence-electron chi connectivity index (χ3n) is 6.35. The number of guanidine groups is 1. The molecule has 1 unspecified atom stereocenters. The Kier molecular flexibility index (Phi) is 7.07. The third-order valence-corrected chi connectivity index (χ3v) is 6.35. The highest BCUT2D eigenvalue weighted by Crippen LogP contribution is 2.26. The van der Waals surface area contributed by atoms with Crippen molar-refractivity contribution in [3.8, 4) is 0 Å². The van der Waals surface area contributed by atoms with Gasteiger partial charge in [-0.1, -0.05) is 48.5 Å². The molecule has 6 nitrogen and oxygen atoms in total. The van der Waals surface area contributed by atoms with Gasteiger partial charge in [-0.25, -0.2) is 0 Å². The number of para-hydroxylation sites is 1. The van der Waals surface area contributed by atoms with Crippen molar-refractivity contribution in [1.82, 2.24) is 15.1 Å². The SMILES string of the molecule is CN=C(NCCC(=O)N1CCN(c2ccccc2)CC1)N1CCC(c2ccccc2)C1. The van der Waals surface area contributed by atoms with Gasteiger partial charge in [0.15, 0.2) is 5.96 Å². The van der Waals surface area contributed by atoms with Crippen LogP contribution >= 0.6 is 0 Å². The van der Waals surface area contributed by atoms with Crippen molar-refractivity contribution in [2.45, 2.75) is 18.8 Å². The zero-order valence-corrected chi connectivity index (χ0v) is 18.4. The van der Waals surface area contributed by atoms with Crippen LogP contribution in [-0.2, 0) is 4.79 Å². The van der Waals surface area contributed by atoms with E-state index in [1.165, 1.54) is 11.3 Å². The van der Waals surface area contributed by atoms with Crippen LogP contribution in [0.2, 0.25) is 0 Å². The molecule has 2 fully saturated rings. The van der Waals surface area contributed by atoms with E-state index in [2.05, 4.69) is 74.7 Å². The number of carbonyl (C=O) groups is 1. The van der Waals surface area contributed by atoms with Gasteiger partial charge in [0.2, 0.25) is 5.91 Å². The van der Waals surface area contributed by atoms with E-state index in [1.54, 1.807) is 0 Å². The summed E-state index contributed by atoms with van der Waals surface area (Å²) in [5, 5.41) is 3.41. The predicted octanol–water partition coefficient (Wildman–Crippen LogP) is 2.79. The molecule has 0 radical (unpaired) electrons. The molecule has 1 atom stereocenters. The summed E-state index contributed by atoms with van der Waals surface area (Å²) in [6.45, 7) is 5.93. The van der Waals surface area contributed by atoms with E-state index in [-0.39, 0.29) is 5.91 Å². The van der Waals surface area contributed by atoms with Crippen molar-refractivity contribution in [3.63, 3.8) is 0 Å². The maximum Gasteiger partial charge on any atom is 0.224 e. The quantitative estimate of drug-likeness (QED) is 0.598. The lowest BCUT2D eigenvalue weighted by atomic mass is 9.99. The van der Waals surface area contributed by atoms with Gasteiger partial charge in [-0.15, -0.1) is 0 Å². The minimum atomic E-state index is 0.222. The van der Waals surface area contributed by atoms with E-state index in [1.807, 2.05) is 18.0 Å². The lowest BCUT2D eigenvalue weighted by Gasteiger charge is -2.36. The van der Waals surface area contributed by atoms with Crippen LogP contribution in [0.5, 0.6) is 0 Å². The molecule has 2 heterocycles. The fourth-order valence-corrected chi connectivity index (χ4v) is 4.57. The van der Waals surface area contributed by atoms with Gasteiger partial charge in [0.1, 0.15) is 0 Å². The molecule has 164 valence electrons. The molecule has 1 N–H and O–H groups in total. The molecule has 2 aliphatic rings.